The first-order chi connectivity index (χ1) is 15.2. The first kappa shape index (κ1) is 21.9. The Morgan fingerprint density at radius 2 is 1.75 bits per heavy atom. The van der Waals surface area contributed by atoms with Crippen molar-refractivity contribution in [1.82, 2.24) is 14.1 Å². The first-order valence-electron chi connectivity index (χ1n) is 10.3. The van der Waals surface area contributed by atoms with Crippen molar-refractivity contribution in [1.29, 1.82) is 0 Å². The molecule has 0 aliphatic rings. The lowest BCUT2D eigenvalue weighted by atomic mass is 9.82. The highest BCUT2D eigenvalue weighted by molar-refractivity contribution is 6.30. The van der Waals surface area contributed by atoms with Gasteiger partial charge in [0.2, 0.25) is 0 Å². The van der Waals surface area contributed by atoms with Gasteiger partial charge in [0.15, 0.2) is 5.60 Å². The molecule has 1 unspecified atom stereocenters. The molecule has 0 aliphatic carbocycles. The van der Waals surface area contributed by atoms with E-state index >= 15 is 0 Å². The van der Waals surface area contributed by atoms with Gasteiger partial charge in [-0.3, -0.25) is 4.79 Å². The summed E-state index contributed by atoms with van der Waals surface area (Å²) in [5.74, 6) is 6.46. The van der Waals surface area contributed by atoms with E-state index in [1.807, 2.05) is 39.1 Å². The molecule has 0 spiro atoms. The van der Waals surface area contributed by atoms with Gasteiger partial charge in [-0.2, -0.15) is 0 Å². The predicted octanol–water partition coefficient (Wildman–Crippen LogP) is 4.22. The summed E-state index contributed by atoms with van der Waals surface area (Å²) in [6, 6.07) is 14.3. The maximum absolute atomic E-state index is 12.5. The lowest BCUT2D eigenvalue weighted by molar-refractivity contribution is 0.117. The molecule has 4 rings (SSSR count). The fourth-order valence-electron chi connectivity index (χ4n) is 3.87. The van der Waals surface area contributed by atoms with E-state index in [4.69, 9.17) is 11.6 Å². The second-order valence-corrected chi connectivity index (χ2v) is 8.65. The van der Waals surface area contributed by atoms with Gasteiger partial charge >= 0.3 is 0 Å². The molecule has 0 fully saturated rings. The molecule has 0 aliphatic heterocycles. The van der Waals surface area contributed by atoms with Gasteiger partial charge in [0.1, 0.15) is 0 Å². The van der Waals surface area contributed by atoms with E-state index < -0.39 is 5.60 Å². The third kappa shape index (κ3) is 3.73. The van der Waals surface area contributed by atoms with Crippen molar-refractivity contribution < 1.29 is 5.11 Å². The van der Waals surface area contributed by atoms with Crippen LogP contribution in [0.25, 0.3) is 10.9 Å². The molecular formula is C26H24ClN3O2. The maximum atomic E-state index is 12.5. The number of aryl methyl sites for hydroxylation is 2. The average Bonchev–Trinajstić information content (AvgIpc) is 3.21. The molecule has 1 atom stereocenters. The van der Waals surface area contributed by atoms with Gasteiger partial charge in [0.05, 0.1) is 23.7 Å². The van der Waals surface area contributed by atoms with Crippen LogP contribution in [0.4, 0.5) is 0 Å². The number of imidazole rings is 1. The molecule has 0 amide bonds. The van der Waals surface area contributed by atoms with Gasteiger partial charge in [-0.05, 0) is 35.4 Å². The Hall–Kier alpha value is -3.33. The summed E-state index contributed by atoms with van der Waals surface area (Å²) in [7, 11) is 3.57. The third-order valence-corrected chi connectivity index (χ3v) is 5.86. The molecule has 0 saturated carbocycles. The van der Waals surface area contributed by atoms with E-state index in [0.717, 1.165) is 10.9 Å². The number of nitrogens with zero attached hydrogens (tertiary/aromatic N) is 3. The quantitative estimate of drug-likeness (QED) is 0.480. The Kier molecular flexibility index (Phi) is 5.68. The van der Waals surface area contributed by atoms with Gasteiger partial charge in [-0.15, -0.1) is 0 Å². The van der Waals surface area contributed by atoms with Crippen molar-refractivity contribution in [2.24, 2.45) is 20.0 Å². The van der Waals surface area contributed by atoms with Crippen molar-refractivity contribution in [3.05, 3.63) is 98.8 Å². The number of pyridine rings is 1. The Labute approximate surface area is 191 Å². The topological polar surface area (TPSA) is 60.1 Å². The monoisotopic (exact) mass is 445 g/mol. The Morgan fingerprint density at radius 1 is 1.06 bits per heavy atom. The SMILES string of the molecule is CC(C)C#Cc1cc(=O)n(C)c2ccc(C(O)(c3ccc(Cl)cc3)c3cncn3C)cc12. The number of aromatic nitrogens is 3. The van der Waals surface area contributed by atoms with E-state index in [-0.39, 0.29) is 11.5 Å². The van der Waals surface area contributed by atoms with Crippen LogP contribution >= 0.6 is 11.6 Å². The van der Waals surface area contributed by atoms with Gasteiger partial charge in [0.25, 0.3) is 5.56 Å². The molecular weight excluding hydrogens is 422 g/mol. The zero-order valence-corrected chi connectivity index (χ0v) is 19.2. The van der Waals surface area contributed by atoms with Crippen LogP contribution in [-0.4, -0.2) is 19.2 Å². The van der Waals surface area contributed by atoms with Crippen LogP contribution < -0.4 is 5.56 Å². The van der Waals surface area contributed by atoms with Gasteiger partial charge < -0.3 is 14.2 Å². The number of hydrogen-bond donors (Lipinski definition) is 1. The minimum atomic E-state index is -1.48. The van der Waals surface area contributed by atoms with Crippen LogP contribution in [0, 0.1) is 17.8 Å². The summed E-state index contributed by atoms with van der Waals surface area (Å²) in [5.41, 5.74) is 1.69. The highest BCUT2D eigenvalue weighted by atomic mass is 35.5. The van der Waals surface area contributed by atoms with E-state index in [0.29, 0.717) is 27.4 Å². The van der Waals surface area contributed by atoms with E-state index in [1.54, 1.807) is 59.0 Å². The van der Waals surface area contributed by atoms with E-state index in [2.05, 4.69) is 16.8 Å². The van der Waals surface area contributed by atoms with Crippen LogP contribution in [0.15, 0.2) is 65.8 Å². The predicted molar refractivity (Wildman–Crippen MR) is 128 cm³/mol. The largest absolute Gasteiger partial charge is 0.374 e. The molecule has 2 aromatic heterocycles. The van der Waals surface area contributed by atoms with Crippen molar-refractivity contribution in [2.45, 2.75) is 19.4 Å². The fourth-order valence-corrected chi connectivity index (χ4v) is 4.00. The summed E-state index contributed by atoms with van der Waals surface area (Å²) in [6.07, 6.45) is 3.31. The molecule has 2 aromatic carbocycles. The molecule has 6 heteroatoms. The standard InChI is InChI=1S/C26H24ClN3O2/c1-17(2)5-6-18-13-25(31)30(4)23-12-9-20(14-22(18)23)26(32,24-15-28-16-29(24)3)19-7-10-21(27)11-8-19/h7-17,32H,1-4H3. The summed E-state index contributed by atoms with van der Waals surface area (Å²) < 4.78 is 3.38. The highest BCUT2D eigenvalue weighted by Gasteiger charge is 2.36. The Balaban J connectivity index is 2.04. The summed E-state index contributed by atoms with van der Waals surface area (Å²) >= 11 is 6.11. The van der Waals surface area contributed by atoms with E-state index in [1.165, 1.54) is 0 Å². The van der Waals surface area contributed by atoms with Gasteiger partial charge in [0, 0.05) is 42.1 Å². The summed E-state index contributed by atoms with van der Waals surface area (Å²) in [5, 5.41) is 13.6. The summed E-state index contributed by atoms with van der Waals surface area (Å²) in [4.78, 5) is 16.7. The number of fused-ring (bicyclic) bond motifs is 1. The van der Waals surface area contributed by atoms with Crippen LogP contribution in [0.5, 0.6) is 0 Å². The second kappa shape index (κ2) is 8.31. The normalized spacial score (nSPS) is 13.1. The molecule has 162 valence electrons. The molecule has 4 aromatic rings. The second-order valence-electron chi connectivity index (χ2n) is 8.22. The van der Waals surface area contributed by atoms with Gasteiger partial charge in [-0.1, -0.05) is 55.5 Å². The van der Waals surface area contributed by atoms with Crippen LogP contribution in [0.1, 0.15) is 36.2 Å². The minimum Gasteiger partial charge on any atom is -0.374 e. The number of halogens is 1. The Morgan fingerprint density at radius 3 is 2.38 bits per heavy atom. The number of benzene rings is 2. The lowest BCUT2D eigenvalue weighted by Gasteiger charge is -2.30. The van der Waals surface area contributed by atoms with Crippen molar-refractivity contribution >= 4 is 22.5 Å². The molecule has 2 heterocycles. The average molecular weight is 446 g/mol. The maximum Gasteiger partial charge on any atom is 0.252 e. The van der Waals surface area contributed by atoms with E-state index in [9.17, 15) is 9.90 Å². The molecule has 5 nitrogen and oxygen atoms in total. The zero-order valence-electron chi connectivity index (χ0n) is 18.4. The lowest BCUT2D eigenvalue weighted by Crippen LogP contribution is -2.31. The third-order valence-electron chi connectivity index (χ3n) is 5.61. The Bertz CT molecular complexity index is 1420. The molecule has 0 saturated heterocycles. The molecule has 0 bridgehead atoms. The fraction of sp³-hybridized carbons (Fsp3) is 0.231. The van der Waals surface area contributed by atoms with Crippen LogP contribution in [0.3, 0.4) is 0 Å². The van der Waals surface area contributed by atoms with Crippen molar-refractivity contribution in [3.8, 4) is 11.8 Å². The smallest absolute Gasteiger partial charge is 0.252 e. The number of hydrogen-bond acceptors (Lipinski definition) is 3. The molecule has 0 radical (unpaired) electrons. The highest BCUT2D eigenvalue weighted by Crippen LogP contribution is 2.38. The van der Waals surface area contributed by atoms with Crippen LogP contribution in [-0.2, 0) is 19.7 Å². The van der Waals surface area contributed by atoms with Crippen molar-refractivity contribution in [3.63, 3.8) is 0 Å². The first-order valence-corrected chi connectivity index (χ1v) is 10.7. The van der Waals surface area contributed by atoms with Crippen molar-refractivity contribution in [2.75, 3.05) is 0 Å². The summed E-state index contributed by atoms with van der Waals surface area (Å²) in [6.45, 7) is 4.01. The minimum absolute atomic E-state index is 0.127. The van der Waals surface area contributed by atoms with Crippen LogP contribution in [0.2, 0.25) is 5.02 Å². The number of aliphatic hydroxyl groups is 1. The number of rotatable bonds is 3. The molecule has 1 N–H and O–H groups in total. The molecule has 32 heavy (non-hydrogen) atoms. The zero-order chi connectivity index (χ0) is 23.0. The van der Waals surface area contributed by atoms with Gasteiger partial charge in [-0.25, -0.2) is 4.98 Å².